The molecule has 1 aromatic carbocycles. The highest BCUT2D eigenvalue weighted by molar-refractivity contribution is 7.89. The number of aromatic carboxylic acids is 1. The third-order valence-electron chi connectivity index (χ3n) is 3.63. The molecule has 0 atom stereocenters. The van der Waals surface area contributed by atoms with Crippen molar-refractivity contribution in [2.24, 2.45) is 5.92 Å². The van der Waals surface area contributed by atoms with Gasteiger partial charge in [0.05, 0.1) is 11.3 Å². The summed E-state index contributed by atoms with van der Waals surface area (Å²) >= 11 is 0. The number of carboxylic acids is 1. The minimum Gasteiger partial charge on any atom is -0.478 e. The molecule has 3 N–H and O–H groups in total. The molecule has 1 rings (SSSR count). The fourth-order valence-electron chi connectivity index (χ4n) is 2.18. The maximum absolute atomic E-state index is 12.5. The summed E-state index contributed by atoms with van der Waals surface area (Å²) in [5.74, 6) is -0.658. The van der Waals surface area contributed by atoms with Gasteiger partial charge < -0.3 is 10.4 Å². The Morgan fingerprint density at radius 1 is 1.21 bits per heavy atom. The van der Waals surface area contributed by atoms with Crippen LogP contribution in [0.1, 0.15) is 56.8 Å². The second kappa shape index (κ2) is 9.64. The summed E-state index contributed by atoms with van der Waals surface area (Å²) < 4.78 is 27.6. The first kappa shape index (κ1) is 20.4. The monoisotopic (exact) mass is 356 g/mol. The summed E-state index contributed by atoms with van der Waals surface area (Å²) in [6.07, 6.45) is 3.59. The van der Waals surface area contributed by atoms with Crippen molar-refractivity contribution in [1.29, 1.82) is 0 Å². The Morgan fingerprint density at radius 3 is 2.50 bits per heavy atom. The van der Waals surface area contributed by atoms with Gasteiger partial charge in [-0.25, -0.2) is 17.9 Å². The van der Waals surface area contributed by atoms with E-state index < -0.39 is 16.0 Å². The molecule has 6 nitrogen and oxygen atoms in total. The molecule has 0 aliphatic rings. The van der Waals surface area contributed by atoms with E-state index in [1.54, 1.807) is 0 Å². The van der Waals surface area contributed by atoms with Crippen LogP contribution in [-0.2, 0) is 10.0 Å². The predicted octanol–water partition coefficient (Wildman–Crippen LogP) is 3.31. The van der Waals surface area contributed by atoms with Gasteiger partial charge in [0.25, 0.3) is 0 Å². The van der Waals surface area contributed by atoms with Gasteiger partial charge >= 0.3 is 5.97 Å². The summed E-state index contributed by atoms with van der Waals surface area (Å²) in [7, 11) is -3.75. The first-order valence-corrected chi connectivity index (χ1v) is 9.87. The molecule has 0 amide bonds. The normalized spacial score (nSPS) is 11.7. The largest absolute Gasteiger partial charge is 0.478 e. The van der Waals surface area contributed by atoms with Gasteiger partial charge in [0.2, 0.25) is 10.0 Å². The molecule has 0 unspecified atom stereocenters. The number of sulfonamides is 1. The van der Waals surface area contributed by atoms with Crippen molar-refractivity contribution < 1.29 is 18.3 Å². The number of carboxylic acid groups (broad SMARTS) is 1. The van der Waals surface area contributed by atoms with E-state index in [4.69, 9.17) is 5.11 Å². The van der Waals surface area contributed by atoms with Crippen LogP contribution in [0.4, 0.5) is 5.69 Å². The Labute approximate surface area is 144 Å². The lowest BCUT2D eigenvalue weighted by atomic mass is 10.1. The van der Waals surface area contributed by atoms with Crippen LogP contribution in [0.3, 0.4) is 0 Å². The van der Waals surface area contributed by atoms with E-state index in [1.165, 1.54) is 18.2 Å². The molecule has 0 aliphatic carbocycles. The van der Waals surface area contributed by atoms with Crippen LogP contribution in [0.25, 0.3) is 0 Å². The summed E-state index contributed by atoms with van der Waals surface area (Å²) in [6.45, 7) is 7.19. The van der Waals surface area contributed by atoms with Gasteiger partial charge in [0.1, 0.15) is 4.90 Å². The van der Waals surface area contributed by atoms with E-state index in [9.17, 15) is 13.2 Å². The number of carbonyl (C=O) groups is 1. The highest BCUT2D eigenvalue weighted by Gasteiger charge is 2.20. The van der Waals surface area contributed by atoms with Crippen LogP contribution in [0, 0.1) is 5.92 Å². The fourth-order valence-corrected chi connectivity index (χ4v) is 3.46. The average molecular weight is 356 g/mol. The van der Waals surface area contributed by atoms with E-state index in [2.05, 4.69) is 23.9 Å². The van der Waals surface area contributed by atoms with E-state index in [0.717, 1.165) is 25.7 Å². The summed E-state index contributed by atoms with van der Waals surface area (Å²) in [4.78, 5) is 11.1. The zero-order valence-electron chi connectivity index (χ0n) is 14.6. The molecule has 0 bridgehead atoms. The quantitative estimate of drug-likeness (QED) is 0.529. The first-order chi connectivity index (χ1) is 11.3. The predicted molar refractivity (Wildman–Crippen MR) is 96.1 cm³/mol. The Bertz CT molecular complexity index is 642. The van der Waals surface area contributed by atoms with Gasteiger partial charge in [0.15, 0.2) is 0 Å². The number of anilines is 1. The molecule has 0 heterocycles. The molecule has 0 spiro atoms. The van der Waals surface area contributed by atoms with Gasteiger partial charge in [-0.05, 0) is 37.0 Å². The van der Waals surface area contributed by atoms with Crippen LogP contribution in [0.5, 0.6) is 0 Å². The van der Waals surface area contributed by atoms with Crippen molar-refractivity contribution in [3.63, 3.8) is 0 Å². The Balaban J connectivity index is 3.01. The number of hydrogen-bond donors (Lipinski definition) is 3. The molecule has 0 aliphatic heterocycles. The molecule has 0 saturated heterocycles. The van der Waals surface area contributed by atoms with Crippen molar-refractivity contribution in [3.05, 3.63) is 23.8 Å². The van der Waals surface area contributed by atoms with Crippen LogP contribution >= 0.6 is 0 Å². The highest BCUT2D eigenvalue weighted by atomic mass is 32.2. The lowest BCUT2D eigenvalue weighted by Gasteiger charge is -2.15. The van der Waals surface area contributed by atoms with Gasteiger partial charge in [0, 0.05) is 13.1 Å². The minimum absolute atomic E-state index is 0.0114. The maximum atomic E-state index is 12.5. The zero-order chi connectivity index (χ0) is 18.2. The minimum atomic E-state index is -3.75. The fraction of sp³-hybridized carbons (Fsp3) is 0.588. The van der Waals surface area contributed by atoms with Crippen LogP contribution in [-0.4, -0.2) is 32.6 Å². The topological polar surface area (TPSA) is 95.5 Å². The maximum Gasteiger partial charge on any atom is 0.335 e. The standard InChI is InChI=1S/C17H28N2O4S/c1-4-5-6-10-19-24(22,23)16-12-14(17(20)21)7-8-15(16)18-11-9-13(2)3/h7-8,12-13,18-19H,4-6,9-11H2,1-3H3,(H,20,21). The highest BCUT2D eigenvalue weighted by Crippen LogP contribution is 2.23. The Kier molecular flexibility index (Phi) is 8.21. The number of unbranched alkanes of at least 4 members (excludes halogenated alkanes) is 2. The molecule has 0 aromatic heterocycles. The molecule has 0 fully saturated rings. The molecule has 1 aromatic rings. The third-order valence-corrected chi connectivity index (χ3v) is 5.13. The van der Waals surface area contributed by atoms with Gasteiger partial charge in [-0.1, -0.05) is 33.6 Å². The second-order valence-electron chi connectivity index (χ2n) is 6.23. The number of rotatable bonds is 11. The summed E-state index contributed by atoms with van der Waals surface area (Å²) in [5, 5.41) is 12.2. The SMILES string of the molecule is CCCCCNS(=O)(=O)c1cc(C(=O)O)ccc1NCCC(C)C. The summed E-state index contributed by atoms with van der Waals surface area (Å²) in [5.41, 5.74) is 0.391. The van der Waals surface area contributed by atoms with Crippen molar-refractivity contribution in [2.45, 2.75) is 51.3 Å². The van der Waals surface area contributed by atoms with Crippen molar-refractivity contribution in [1.82, 2.24) is 4.72 Å². The van der Waals surface area contributed by atoms with Crippen LogP contribution in [0.15, 0.2) is 23.1 Å². The van der Waals surface area contributed by atoms with Gasteiger partial charge in [-0.2, -0.15) is 0 Å². The molecular formula is C17H28N2O4S. The third kappa shape index (κ3) is 6.49. The Morgan fingerprint density at radius 2 is 1.92 bits per heavy atom. The van der Waals surface area contributed by atoms with E-state index in [1.807, 2.05) is 6.92 Å². The lowest BCUT2D eigenvalue weighted by molar-refractivity contribution is 0.0696. The first-order valence-electron chi connectivity index (χ1n) is 8.38. The van der Waals surface area contributed by atoms with Crippen LogP contribution < -0.4 is 10.0 Å². The van der Waals surface area contributed by atoms with Crippen molar-refractivity contribution >= 4 is 21.7 Å². The van der Waals surface area contributed by atoms with Gasteiger partial charge in [-0.3, -0.25) is 0 Å². The van der Waals surface area contributed by atoms with E-state index in [0.29, 0.717) is 24.7 Å². The van der Waals surface area contributed by atoms with E-state index in [-0.39, 0.29) is 10.5 Å². The number of benzene rings is 1. The Hall–Kier alpha value is -1.60. The molecule has 24 heavy (non-hydrogen) atoms. The molecule has 0 saturated carbocycles. The summed E-state index contributed by atoms with van der Waals surface area (Å²) in [6, 6.07) is 4.14. The average Bonchev–Trinajstić information content (AvgIpc) is 2.51. The number of nitrogens with one attached hydrogen (secondary N) is 2. The van der Waals surface area contributed by atoms with Crippen molar-refractivity contribution in [2.75, 3.05) is 18.4 Å². The smallest absolute Gasteiger partial charge is 0.335 e. The lowest BCUT2D eigenvalue weighted by Crippen LogP contribution is -2.26. The van der Waals surface area contributed by atoms with E-state index >= 15 is 0 Å². The van der Waals surface area contributed by atoms with Crippen LogP contribution in [0.2, 0.25) is 0 Å². The molecule has 136 valence electrons. The molecular weight excluding hydrogens is 328 g/mol. The molecule has 0 radical (unpaired) electrons. The zero-order valence-corrected chi connectivity index (χ0v) is 15.4. The van der Waals surface area contributed by atoms with Crippen molar-refractivity contribution in [3.8, 4) is 0 Å². The van der Waals surface area contributed by atoms with Gasteiger partial charge in [-0.15, -0.1) is 0 Å². The molecule has 7 heteroatoms. The second-order valence-corrected chi connectivity index (χ2v) is 7.97. The number of hydrogen-bond acceptors (Lipinski definition) is 4.